The van der Waals surface area contributed by atoms with Crippen molar-refractivity contribution in [3.63, 3.8) is 0 Å². The monoisotopic (exact) mass is 292 g/mol. The maximum absolute atomic E-state index is 12.0. The molecule has 0 bridgehead atoms. The number of carbonyl (C=O) groups excluding carboxylic acids is 1. The third kappa shape index (κ3) is 2.85. The molecule has 0 spiro atoms. The molecule has 2 aromatic rings. The highest BCUT2D eigenvalue weighted by Gasteiger charge is 2.21. The Morgan fingerprint density at radius 3 is 2.55 bits per heavy atom. The number of ether oxygens (including phenoxy) is 1. The summed E-state index contributed by atoms with van der Waals surface area (Å²) in [4.78, 5) is 12.0. The molecule has 0 amide bonds. The maximum atomic E-state index is 12.0. The van der Waals surface area contributed by atoms with Crippen molar-refractivity contribution in [1.29, 1.82) is 0 Å². The molecule has 0 fully saturated rings. The molecule has 4 nitrogen and oxygen atoms in total. The Hall–Kier alpha value is -1.81. The second-order valence-electron chi connectivity index (χ2n) is 4.71. The summed E-state index contributed by atoms with van der Waals surface area (Å²) in [6.07, 6.45) is 1.56. The highest BCUT2D eigenvalue weighted by molar-refractivity contribution is 6.30. The van der Waals surface area contributed by atoms with Gasteiger partial charge >= 0.3 is 5.97 Å². The van der Waals surface area contributed by atoms with Crippen molar-refractivity contribution < 1.29 is 9.53 Å². The summed E-state index contributed by atoms with van der Waals surface area (Å²) in [6, 6.07) is 7.34. The zero-order chi connectivity index (χ0) is 14.7. The lowest BCUT2D eigenvalue weighted by Gasteiger charge is -2.12. The molecular weight excluding hydrogens is 276 g/mol. The van der Waals surface area contributed by atoms with E-state index in [0.717, 1.165) is 11.4 Å². The maximum Gasteiger partial charge on any atom is 0.341 e. The van der Waals surface area contributed by atoms with E-state index in [4.69, 9.17) is 16.3 Å². The SMILES string of the molecule is CCOC(=O)c1cnn(-c2ccc(Cl)cc2)c1C(C)C. The van der Waals surface area contributed by atoms with E-state index in [1.165, 1.54) is 0 Å². The lowest BCUT2D eigenvalue weighted by molar-refractivity contribution is 0.0524. The van der Waals surface area contributed by atoms with E-state index < -0.39 is 0 Å². The molecule has 0 aliphatic heterocycles. The van der Waals surface area contributed by atoms with E-state index in [2.05, 4.69) is 5.10 Å². The molecule has 0 unspecified atom stereocenters. The second-order valence-corrected chi connectivity index (χ2v) is 5.14. The van der Waals surface area contributed by atoms with Crippen molar-refractivity contribution in [3.05, 3.63) is 46.7 Å². The van der Waals surface area contributed by atoms with Crippen LogP contribution in [0.2, 0.25) is 5.02 Å². The summed E-state index contributed by atoms with van der Waals surface area (Å²) in [7, 11) is 0. The van der Waals surface area contributed by atoms with Crippen LogP contribution in [0.4, 0.5) is 0 Å². The first-order chi connectivity index (χ1) is 9.54. The van der Waals surface area contributed by atoms with Gasteiger partial charge in [0.15, 0.2) is 0 Å². The molecule has 0 N–H and O–H groups in total. The lowest BCUT2D eigenvalue weighted by Crippen LogP contribution is -2.11. The Balaban J connectivity index is 2.49. The predicted octanol–water partition coefficient (Wildman–Crippen LogP) is 3.83. The van der Waals surface area contributed by atoms with Gasteiger partial charge in [0.1, 0.15) is 5.56 Å². The van der Waals surface area contributed by atoms with Gasteiger partial charge in [-0.2, -0.15) is 5.10 Å². The number of esters is 1. The topological polar surface area (TPSA) is 44.1 Å². The van der Waals surface area contributed by atoms with E-state index in [-0.39, 0.29) is 11.9 Å². The minimum Gasteiger partial charge on any atom is -0.462 e. The van der Waals surface area contributed by atoms with E-state index in [9.17, 15) is 4.79 Å². The molecule has 0 aliphatic rings. The van der Waals surface area contributed by atoms with E-state index in [1.807, 2.05) is 26.0 Å². The molecule has 2 rings (SSSR count). The van der Waals surface area contributed by atoms with Crippen LogP contribution in [0.5, 0.6) is 0 Å². The summed E-state index contributed by atoms with van der Waals surface area (Å²) >= 11 is 5.89. The zero-order valence-electron chi connectivity index (χ0n) is 11.8. The van der Waals surface area contributed by atoms with Crippen LogP contribution < -0.4 is 0 Å². The van der Waals surface area contributed by atoms with E-state index in [1.54, 1.807) is 29.9 Å². The summed E-state index contributed by atoms with van der Waals surface area (Å²) in [5.41, 5.74) is 2.22. The molecule has 20 heavy (non-hydrogen) atoms. The normalized spacial score (nSPS) is 10.8. The fourth-order valence-corrected chi connectivity index (χ4v) is 2.19. The molecule has 0 saturated carbocycles. The van der Waals surface area contributed by atoms with Gasteiger partial charge < -0.3 is 4.74 Å². The Kier molecular flexibility index (Phi) is 4.45. The van der Waals surface area contributed by atoms with Crippen molar-refractivity contribution in [1.82, 2.24) is 9.78 Å². The van der Waals surface area contributed by atoms with E-state index in [0.29, 0.717) is 17.2 Å². The lowest BCUT2D eigenvalue weighted by atomic mass is 10.1. The number of hydrogen-bond acceptors (Lipinski definition) is 3. The first-order valence-electron chi connectivity index (χ1n) is 6.55. The zero-order valence-corrected chi connectivity index (χ0v) is 12.5. The fourth-order valence-electron chi connectivity index (χ4n) is 2.07. The summed E-state index contributed by atoms with van der Waals surface area (Å²) in [6.45, 7) is 6.18. The van der Waals surface area contributed by atoms with Gasteiger partial charge in [-0.15, -0.1) is 0 Å². The van der Waals surface area contributed by atoms with Gasteiger partial charge in [-0.05, 0) is 37.1 Å². The highest BCUT2D eigenvalue weighted by Crippen LogP contribution is 2.24. The van der Waals surface area contributed by atoms with Gasteiger partial charge in [0, 0.05) is 5.02 Å². The molecule has 1 heterocycles. The molecular formula is C15H17ClN2O2. The van der Waals surface area contributed by atoms with Gasteiger partial charge in [0.05, 0.1) is 24.2 Å². The van der Waals surface area contributed by atoms with Gasteiger partial charge in [-0.25, -0.2) is 9.48 Å². The summed E-state index contributed by atoms with van der Waals surface area (Å²) in [5.74, 6) is -0.191. The van der Waals surface area contributed by atoms with Crippen LogP contribution in [0, 0.1) is 0 Å². The van der Waals surface area contributed by atoms with Gasteiger partial charge in [-0.3, -0.25) is 0 Å². The Morgan fingerprint density at radius 2 is 2.00 bits per heavy atom. The molecule has 1 aromatic carbocycles. The van der Waals surface area contributed by atoms with Crippen molar-refractivity contribution in [3.8, 4) is 5.69 Å². The van der Waals surface area contributed by atoms with Crippen LogP contribution in [0.1, 0.15) is 42.7 Å². The molecule has 0 aliphatic carbocycles. The van der Waals surface area contributed by atoms with Crippen LogP contribution in [0.25, 0.3) is 5.69 Å². The number of carbonyl (C=O) groups is 1. The van der Waals surface area contributed by atoms with Crippen molar-refractivity contribution in [2.75, 3.05) is 6.61 Å². The molecule has 106 valence electrons. The van der Waals surface area contributed by atoms with Gasteiger partial charge in [-0.1, -0.05) is 25.4 Å². The minimum absolute atomic E-state index is 0.146. The standard InChI is InChI=1S/C15H17ClN2O2/c1-4-20-15(19)13-9-17-18(14(13)10(2)3)12-7-5-11(16)6-8-12/h5-10H,4H2,1-3H3. The molecule has 0 atom stereocenters. The van der Waals surface area contributed by atoms with Crippen LogP contribution in [0.3, 0.4) is 0 Å². The minimum atomic E-state index is -0.337. The van der Waals surface area contributed by atoms with E-state index >= 15 is 0 Å². The largest absolute Gasteiger partial charge is 0.462 e. The number of nitrogens with zero attached hydrogens (tertiary/aromatic N) is 2. The molecule has 5 heteroatoms. The smallest absolute Gasteiger partial charge is 0.341 e. The first-order valence-corrected chi connectivity index (χ1v) is 6.93. The fraction of sp³-hybridized carbons (Fsp3) is 0.333. The van der Waals surface area contributed by atoms with Crippen molar-refractivity contribution in [2.24, 2.45) is 0 Å². The quantitative estimate of drug-likeness (QED) is 0.805. The highest BCUT2D eigenvalue weighted by atomic mass is 35.5. The molecule has 0 saturated heterocycles. The Morgan fingerprint density at radius 1 is 1.35 bits per heavy atom. The number of rotatable bonds is 4. The second kappa shape index (κ2) is 6.09. The Labute approximate surface area is 123 Å². The average molecular weight is 293 g/mol. The van der Waals surface area contributed by atoms with Gasteiger partial charge in [0.2, 0.25) is 0 Å². The summed E-state index contributed by atoms with van der Waals surface area (Å²) < 4.78 is 6.83. The Bertz CT molecular complexity index is 603. The van der Waals surface area contributed by atoms with Gasteiger partial charge in [0.25, 0.3) is 0 Å². The van der Waals surface area contributed by atoms with Crippen molar-refractivity contribution in [2.45, 2.75) is 26.7 Å². The molecule has 0 radical (unpaired) electrons. The van der Waals surface area contributed by atoms with Crippen LogP contribution in [0.15, 0.2) is 30.5 Å². The number of hydrogen-bond donors (Lipinski definition) is 0. The third-order valence-electron chi connectivity index (χ3n) is 2.92. The predicted molar refractivity (Wildman–Crippen MR) is 78.6 cm³/mol. The van der Waals surface area contributed by atoms with Crippen LogP contribution in [-0.4, -0.2) is 22.4 Å². The van der Waals surface area contributed by atoms with Crippen molar-refractivity contribution >= 4 is 17.6 Å². The molecule has 1 aromatic heterocycles. The summed E-state index contributed by atoms with van der Waals surface area (Å²) in [5, 5.41) is 4.98. The number of aromatic nitrogens is 2. The third-order valence-corrected chi connectivity index (χ3v) is 3.17. The number of benzene rings is 1. The number of halogens is 1. The van der Waals surface area contributed by atoms with Crippen LogP contribution in [-0.2, 0) is 4.74 Å². The van der Waals surface area contributed by atoms with Crippen LogP contribution >= 0.6 is 11.6 Å². The average Bonchev–Trinajstić information content (AvgIpc) is 2.84. The first kappa shape index (κ1) is 14.6.